The Morgan fingerprint density at radius 1 is 1.32 bits per heavy atom. The van der Waals surface area contributed by atoms with Crippen molar-refractivity contribution in [1.29, 1.82) is 0 Å². The van der Waals surface area contributed by atoms with Gasteiger partial charge in [-0.05, 0) is 73.6 Å². The third kappa shape index (κ3) is 3.38. The molecule has 6 rings (SSSR count). The first-order valence-corrected chi connectivity index (χ1v) is 13.1. The maximum atomic E-state index is 14.1. The number of aliphatic hydroxyl groups excluding tert-OH is 1. The average Bonchev–Trinajstić information content (AvgIpc) is 3.51. The van der Waals surface area contributed by atoms with Crippen LogP contribution < -0.4 is 14.8 Å². The Labute approximate surface area is 216 Å². The van der Waals surface area contributed by atoms with Crippen molar-refractivity contribution in [3.8, 4) is 11.5 Å². The van der Waals surface area contributed by atoms with Crippen LogP contribution in [0.4, 0.5) is 0 Å². The first kappa shape index (κ1) is 24.6. The molecule has 37 heavy (non-hydrogen) atoms. The summed E-state index contributed by atoms with van der Waals surface area (Å²) in [5, 5.41) is 25.7. The highest BCUT2D eigenvalue weighted by Crippen LogP contribution is 2.73. The molecule has 8 nitrogen and oxygen atoms in total. The minimum atomic E-state index is -1.20. The zero-order chi connectivity index (χ0) is 26.2. The zero-order valence-electron chi connectivity index (χ0n) is 21.4. The molecular weight excluding hydrogens is 474 g/mol. The highest BCUT2D eigenvalue weighted by molar-refractivity contribution is 5.83. The number of aldehydes is 1. The van der Waals surface area contributed by atoms with Crippen molar-refractivity contribution in [3.05, 3.63) is 47.6 Å². The van der Waals surface area contributed by atoms with Gasteiger partial charge in [0, 0.05) is 19.6 Å². The molecule has 2 bridgehead atoms. The molecule has 0 radical (unpaired) electrons. The number of hydrogen-bond acceptors (Lipinski definition) is 7. The topological polar surface area (TPSA) is 114 Å². The van der Waals surface area contributed by atoms with E-state index in [-0.39, 0.29) is 18.6 Å². The van der Waals surface area contributed by atoms with Gasteiger partial charge >= 0.3 is 0 Å². The number of ether oxygens (including phenoxy) is 3. The zero-order valence-corrected chi connectivity index (χ0v) is 21.4. The number of aliphatic hydroxyl groups is 2. The van der Waals surface area contributed by atoms with E-state index in [1.165, 1.54) is 7.11 Å². The summed E-state index contributed by atoms with van der Waals surface area (Å²) in [7, 11) is 1.53. The second-order valence-electron chi connectivity index (χ2n) is 11.8. The molecule has 1 spiro atoms. The lowest BCUT2D eigenvalue weighted by molar-refractivity contribution is -0.145. The quantitative estimate of drug-likeness (QED) is 0.398. The van der Waals surface area contributed by atoms with E-state index in [2.05, 4.69) is 11.9 Å². The second-order valence-corrected chi connectivity index (χ2v) is 11.8. The maximum Gasteiger partial charge on any atom is 0.231 e. The standard InChI is InChI=1S/C29H35NO7/c1-16-12-28-13-29(16,34)8-6-19(28)18-11-22(35-3)25(32)27(2,14-31)23(18)24(28)26(33)30-9-7-17-4-5-20-21(10-17)37-15-36-20/h4-5,10-11,14,19,22-25,32,34H,1,6-9,12-13,15H2,2-3H3,(H,30,33)/t19-,22+,23?,24+,25-,27-,28-,29-/m0/s1. The summed E-state index contributed by atoms with van der Waals surface area (Å²) in [5.41, 5.74) is 0.0619. The van der Waals surface area contributed by atoms with Gasteiger partial charge in [0.05, 0.1) is 23.0 Å². The third-order valence-electron chi connectivity index (χ3n) is 10.0. The lowest BCUT2D eigenvalue weighted by atomic mass is 9.60. The Bertz CT molecular complexity index is 1190. The van der Waals surface area contributed by atoms with E-state index in [1.807, 2.05) is 24.3 Å². The summed E-state index contributed by atoms with van der Waals surface area (Å²) in [6.45, 7) is 6.56. The van der Waals surface area contributed by atoms with Crippen molar-refractivity contribution in [2.24, 2.45) is 28.6 Å². The monoisotopic (exact) mass is 509 g/mol. The van der Waals surface area contributed by atoms with Crippen LogP contribution in [0.1, 0.15) is 38.2 Å². The first-order chi connectivity index (χ1) is 17.7. The number of amides is 1. The molecule has 3 fully saturated rings. The van der Waals surface area contributed by atoms with Gasteiger partial charge in [0.15, 0.2) is 11.5 Å². The van der Waals surface area contributed by atoms with Crippen molar-refractivity contribution < 1.29 is 34.0 Å². The van der Waals surface area contributed by atoms with Crippen molar-refractivity contribution in [2.75, 3.05) is 20.4 Å². The van der Waals surface area contributed by atoms with Gasteiger partial charge in [0.25, 0.3) is 0 Å². The minimum Gasteiger partial charge on any atom is -0.454 e. The molecule has 0 saturated heterocycles. The number of hydrogen-bond donors (Lipinski definition) is 3. The van der Waals surface area contributed by atoms with Gasteiger partial charge in [-0.3, -0.25) is 4.79 Å². The van der Waals surface area contributed by atoms with Crippen LogP contribution in [0.3, 0.4) is 0 Å². The molecule has 3 N–H and O–H groups in total. The van der Waals surface area contributed by atoms with Gasteiger partial charge in [0.1, 0.15) is 12.4 Å². The predicted octanol–water partition coefficient (Wildman–Crippen LogP) is 2.32. The summed E-state index contributed by atoms with van der Waals surface area (Å²) in [5.74, 6) is 0.241. The van der Waals surface area contributed by atoms with Crippen molar-refractivity contribution in [2.45, 2.75) is 56.8 Å². The van der Waals surface area contributed by atoms with E-state index < -0.39 is 40.5 Å². The number of benzene rings is 1. The maximum absolute atomic E-state index is 14.1. The number of carbonyl (C=O) groups is 2. The fraction of sp³-hybridized carbons (Fsp3) is 0.586. The SMILES string of the molecule is C=C1C[C@]23C[C@@]1(O)CC[C@H]2C1=C[C@@H](OC)[C@H](O)[C@@](C)(C=O)C1[C@@H]3C(=O)NCCc1ccc2c(c1)OCO2. The molecule has 1 unspecified atom stereocenters. The number of rotatable bonds is 6. The molecule has 1 heterocycles. The van der Waals surface area contributed by atoms with Crippen LogP contribution in [-0.4, -0.2) is 60.7 Å². The number of nitrogens with one attached hydrogen (secondary N) is 1. The van der Waals surface area contributed by atoms with Crippen LogP contribution in [0.2, 0.25) is 0 Å². The Morgan fingerprint density at radius 2 is 2.11 bits per heavy atom. The average molecular weight is 510 g/mol. The number of allylic oxidation sites excluding steroid dienone is 1. The number of carbonyl (C=O) groups excluding carboxylic acids is 2. The van der Waals surface area contributed by atoms with Gasteiger partial charge in [-0.25, -0.2) is 0 Å². The molecule has 3 saturated carbocycles. The normalized spacial score (nSPS) is 41.1. The molecule has 1 aromatic carbocycles. The Balaban J connectivity index is 1.33. The Kier molecular flexibility index (Phi) is 5.60. The van der Waals surface area contributed by atoms with Crippen LogP contribution in [0.25, 0.3) is 0 Å². The Morgan fingerprint density at radius 3 is 2.86 bits per heavy atom. The largest absolute Gasteiger partial charge is 0.454 e. The molecule has 8 heteroatoms. The van der Waals surface area contributed by atoms with Gasteiger partial charge in [0.2, 0.25) is 12.7 Å². The molecule has 198 valence electrons. The van der Waals surface area contributed by atoms with E-state index in [1.54, 1.807) is 6.92 Å². The van der Waals surface area contributed by atoms with Crippen molar-refractivity contribution in [3.63, 3.8) is 0 Å². The van der Waals surface area contributed by atoms with Crippen molar-refractivity contribution in [1.82, 2.24) is 5.32 Å². The van der Waals surface area contributed by atoms with Crippen LogP contribution in [-0.2, 0) is 20.7 Å². The minimum absolute atomic E-state index is 0.0195. The fourth-order valence-corrected chi connectivity index (χ4v) is 8.20. The summed E-state index contributed by atoms with van der Waals surface area (Å²) in [4.78, 5) is 26.7. The summed E-state index contributed by atoms with van der Waals surface area (Å²) < 4.78 is 16.4. The van der Waals surface area contributed by atoms with Crippen LogP contribution in [0, 0.1) is 28.6 Å². The molecule has 1 aliphatic heterocycles. The van der Waals surface area contributed by atoms with Crippen molar-refractivity contribution >= 4 is 12.2 Å². The lowest BCUT2D eigenvalue weighted by Gasteiger charge is -2.45. The van der Waals surface area contributed by atoms with Crippen LogP contribution >= 0.6 is 0 Å². The van der Waals surface area contributed by atoms with Gasteiger partial charge < -0.3 is 34.5 Å². The van der Waals surface area contributed by atoms with E-state index in [0.717, 1.165) is 23.0 Å². The molecular formula is C29H35NO7. The van der Waals surface area contributed by atoms with Gasteiger partial charge in [-0.2, -0.15) is 0 Å². The smallest absolute Gasteiger partial charge is 0.231 e. The number of methoxy groups -OCH3 is 1. The highest BCUT2D eigenvalue weighted by Gasteiger charge is 2.72. The predicted molar refractivity (Wildman–Crippen MR) is 134 cm³/mol. The summed E-state index contributed by atoms with van der Waals surface area (Å²) in [6, 6.07) is 5.75. The number of fused-ring (bicyclic) bond motifs is 4. The second kappa shape index (κ2) is 8.41. The van der Waals surface area contributed by atoms with E-state index in [0.29, 0.717) is 50.1 Å². The summed E-state index contributed by atoms with van der Waals surface area (Å²) in [6.07, 6.45) is 3.92. The molecule has 1 amide bonds. The van der Waals surface area contributed by atoms with Gasteiger partial charge in [-0.1, -0.05) is 24.3 Å². The van der Waals surface area contributed by atoms with E-state index >= 15 is 0 Å². The summed E-state index contributed by atoms with van der Waals surface area (Å²) >= 11 is 0. The highest BCUT2D eigenvalue weighted by atomic mass is 16.7. The molecule has 1 aromatic rings. The molecule has 0 aromatic heterocycles. The van der Waals surface area contributed by atoms with Crippen LogP contribution in [0.15, 0.2) is 42.0 Å². The van der Waals surface area contributed by atoms with E-state index in [9.17, 15) is 19.8 Å². The molecule has 8 atom stereocenters. The molecule has 4 aliphatic carbocycles. The van der Waals surface area contributed by atoms with Gasteiger partial charge in [-0.15, -0.1) is 0 Å². The first-order valence-electron chi connectivity index (χ1n) is 13.1. The van der Waals surface area contributed by atoms with E-state index in [4.69, 9.17) is 14.2 Å². The lowest BCUT2D eigenvalue weighted by Crippen LogP contribution is -2.55. The fourth-order valence-electron chi connectivity index (χ4n) is 8.20. The Hall–Kier alpha value is -2.68. The molecule has 5 aliphatic rings. The van der Waals surface area contributed by atoms with Crippen LogP contribution in [0.5, 0.6) is 11.5 Å². The third-order valence-corrected chi connectivity index (χ3v) is 10.0.